The van der Waals surface area contributed by atoms with Crippen LogP contribution in [0.5, 0.6) is 5.75 Å². The van der Waals surface area contributed by atoms with Gasteiger partial charge in [0, 0.05) is 5.02 Å². The largest absolute Gasteiger partial charge is 0.496 e. The molecule has 1 aromatic carbocycles. The number of hydrazine groups is 1. The maximum absolute atomic E-state index is 13.0. The molecule has 3 nitrogen and oxygen atoms in total. The SMILES string of the molecule is COc1ccsc1C(Cc1ccc(F)cc1Cl)NN. The molecule has 102 valence electrons. The Bertz CT molecular complexity index is 561. The van der Waals surface area contributed by atoms with Crippen molar-refractivity contribution >= 4 is 22.9 Å². The van der Waals surface area contributed by atoms with E-state index in [0.29, 0.717) is 11.4 Å². The Balaban J connectivity index is 2.24. The van der Waals surface area contributed by atoms with Gasteiger partial charge >= 0.3 is 0 Å². The first-order valence-electron chi connectivity index (χ1n) is 5.67. The van der Waals surface area contributed by atoms with E-state index in [9.17, 15) is 4.39 Å². The Morgan fingerprint density at radius 1 is 1.47 bits per heavy atom. The second-order valence-electron chi connectivity index (χ2n) is 4.01. The molecule has 19 heavy (non-hydrogen) atoms. The normalized spacial score (nSPS) is 12.4. The summed E-state index contributed by atoms with van der Waals surface area (Å²) in [6.45, 7) is 0. The second kappa shape index (κ2) is 6.34. The highest BCUT2D eigenvalue weighted by atomic mass is 35.5. The summed E-state index contributed by atoms with van der Waals surface area (Å²) in [4.78, 5) is 0.991. The van der Waals surface area contributed by atoms with Gasteiger partial charge < -0.3 is 4.74 Å². The molecule has 0 fully saturated rings. The average Bonchev–Trinajstić information content (AvgIpc) is 2.86. The Hall–Kier alpha value is -1.14. The molecule has 1 heterocycles. The van der Waals surface area contributed by atoms with Gasteiger partial charge in [-0.2, -0.15) is 0 Å². The molecule has 6 heteroatoms. The molecule has 0 amide bonds. The zero-order valence-corrected chi connectivity index (χ0v) is 11.9. The average molecular weight is 301 g/mol. The van der Waals surface area contributed by atoms with Crippen LogP contribution in [0.3, 0.4) is 0 Å². The molecule has 0 bridgehead atoms. The van der Waals surface area contributed by atoms with Crippen molar-refractivity contribution in [3.05, 3.63) is 50.9 Å². The summed E-state index contributed by atoms with van der Waals surface area (Å²) in [6, 6.07) is 6.12. The fourth-order valence-corrected chi connectivity index (χ4v) is 3.03. The summed E-state index contributed by atoms with van der Waals surface area (Å²) in [5.41, 5.74) is 3.58. The number of ether oxygens (including phenoxy) is 1. The summed E-state index contributed by atoms with van der Waals surface area (Å²) in [5.74, 6) is 6.04. The molecule has 0 aliphatic heterocycles. The van der Waals surface area contributed by atoms with Crippen LogP contribution in [0.1, 0.15) is 16.5 Å². The van der Waals surface area contributed by atoms with Crippen LogP contribution < -0.4 is 16.0 Å². The molecule has 1 aromatic heterocycles. The van der Waals surface area contributed by atoms with E-state index >= 15 is 0 Å². The van der Waals surface area contributed by atoms with Crippen LogP contribution in [0.15, 0.2) is 29.6 Å². The van der Waals surface area contributed by atoms with Crippen molar-refractivity contribution in [3.8, 4) is 5.75 Å². The van der Waals surface area contributed by atoms with Gasteiger partial charge in [-0.15, -0.1) is 11.3 Å². The van der Waals surface area contributed by atoms with E-state index in [-0.39, 0.29) is 11.9 Å². The molecule has 2 aromatic rings. The minimum atomic E-state index is -0.347. The molecule has 0 spiro atoms. The first-order valence-corrected chi connectivity index (χ1v) is 6.93. The third-order valence-corrected chi connectivity index (χ3v) is 4.20. The van der Waals surface area contributed by atoms with Gasteiger partial charge in [0.25, 0.3) is 0 Å². The fraction of sp³-hybridized carbons (Fsp3) is 0.231. The number of thiophene rings is 1. The van der Waals surface area contributed by atoms with Crippen molar-refractivity contribution in [2.75, 3.05) is 7.11 Å². The highest BCUT2D eigenvalue weighted by molar-refractivity contribution is 7.10. The molecule has 0 radical (unpaired) electrons. The predicted octanol–water partition coefficient (Wildman–Crippen LogP) is 3.30. The zero-order chi connectivity index (χ0) is 13.8. The lowest BCUT2D eigenvalue weighted by Gasteiger charge is -2.16. The zero-order valence-electron chi connectivity index (χ0n) is 10.3. The van der Waals surface area contributed by atoms with Crippen LogP contribution in [0.4, 0.5) is 4.39 Å². The first kappa shape index (κ1) is 14.3. The van der Waals surface area contributed by atoms with Crippen LogP contribution in [0, 0.1) is 5.82 Å². The van der Waals surface area contributed by atoms with Crippen LogP contribution in [0.2, 0.25) is 5.02 Å². The molecule has 1 unspecified atom stereocenters. The van der Waals surface area contributed by atoms with Gasteiger partial charge in [0.15, 0.2) is 0 Å². The minimum Gasteiger partial charge on any atom is -0.496 e. The van der Waals surface area contributed by atoms with E-state index in [4.69, 9.17) is 22.2 Å². The predicted molar refractivity (Wildman–Crippen MR) is 76.0 cm³/mol. The van der Waals surface area contributed by atoms with Gasteiger partial charge in [0.05, 0.1) is 18.0 Å². The number of methoxy groups -OCH3 is 1. The monoisotopic (exact) mass is 300 g/mol. The van der Waals surface area contributed by atoms with Crippen molar-refractivity contribution in [2.45, 2.75) is 12.5 Å². The van der Waals surface area contributed by atoms with Crippen LogP contribution in [0.25, 0.3) is 0 Å². The molecule has 0 saturated carbocycles. The van der Waals surface area contributed by atoms with Crippen LogP contribution >= 0.6 is 22.9 Å². The van der Waals surface area contributed by atoms with Crippen molar-refractivity contribution < 1.29 is 9.13 Å². The molecule has 1 atom stereocenters. The lowest BCUT2D eigenvalue weighted by atomic mass is 10.0. The Kier molecular flexibility index (Phi) is 4.76. The van der Waals surface area contributed by atoms with Gasteiger partial charge in [-0.1, -0.05) is 17.7 Å². The Morgan fingerprint density at radius 2 is 2.26 bits per heavy atom. The lowest BCUT2D eigenvalue weighted by molar-refractivity contribution is 0.403. The third kappa shape index (κ3) is 3.25. The van der Waals surface area contributed by atoms with Gasteiger partial charge in [-0.3, -0.25) is 11.3 Å². The smallest absolute Gasteiger partial charge is 0.134 e. The summed E-state index contributed by atoms with van der Waals surface area (Å²) < 4.78 is 18.3. The third-order valence-electron chi connectivity index (χ3n) is 2.83. The fourth-order valence-electron chi connectivity index (χ4n) is 1.87. The van der Waals surface area contributed by atoms with Crippen LogP contribution in [-0.4, -0.2) is 7.11 Å². The van der Waals surface area contributed by atoms with Crippen LogP contribution in [-0.2, 0) is 6.42 Å². The quantitative estimate of drug-likeness (QED) is 0.658. The first-order chi connectivity index (χ1) is 9.15. The number of nitrogens with two attached hydrogens (primary N) is 1. The number of halogens is 2. The van der Waals surface area contributed by atoms with Crippen molar-refractivity contribution in [2.24, 2.45) is 5.84 Å². The lowest BCUT2D eigenvalue weighted by Crippen LogP contribution is -2.29. The van der Waals surface area contributed by atoms with Crippen molar-refractivity contribution in [1.29, 1.82) is 0 Å². The standard InChI is InChI=1S/C13H14ClFN2OS/c1-18-12-4-5-19-13(12)11(17-16)6-8-2-3-9(15)7-10(8)14/h2-5,7,11,17H,6,16H2,1H3. The highest BCUT2D eigenvalue weighted by Gasteiger charge is 2.18. The van der Waals surface area contributed by atoms with E-state index in [1.54, 1.807) is 24.5 Å². The Labute approximate surface area is 120 Å². The number of nitrogens with one attached hydrogen (secondary N) is 1. The molecular weight excluding hydrogens is 287 g/mol. The van der Waals surface area contributed by atoms with Crippen molar-refractivity contribution in [3.63, 3.8) is 0 Å². The number of hydrogen-bond acceptors (Lipinski definition) is 4. The summed E-state index contributed by atoms with van der Waals surface area (Å²) in [6.07, 6.45) is 0.562. The number of benzene rings is 1. The van der Waals surface area contributed by atoms with Gasteiger partial charge in [0.2, 0.25) is 0 Å². The van der Waals surface area contributed by atoms with E-state index in [0.717, 1.165) is 16.2 Å². The van der Waals surface area contributed by atoms with Gasteiger partial charge in [0.1, 0.15) is 11.6 Å². The molecule has 3 N–H and O–H groups in total. The molecular formula is C13H14ClFN2OS. The van der Waals surface area contributed by atoms with E-state index in [2.05, 4.69) is 5.43 Å². The molecule has 0 aliphatic carbocycles. The summed E-state index contributed by atoms with van der Waals surface area (Å²) in [5, 5.41) is 2.33. The van der Waals surface area contributed by atoms with E-state index < -0.39 is 0 Å². The van der Waals surface area contributed by atoms with Gasteiger partial charge in [-0.25, -0.2) is 4.39 Å². The van der Waals surface area contributed by atoms with Crippen molar-refractivity contribution in [1.82, 2.24) is 5.43 Å². The summed E-state index contributed by atoms with van der Waals surface area (Å²) in [7, 11) is 1.62. The van der Waals surface area contributed by atoms with E-state index in [1.165, 1.54) is 12.1 Å². The Morgan fingerprint density at radius 3 is 2.89 bits per heavy atom. The second-order valence-corrected chi connectivity index (χ2v) is 5.37. The topological polar surface area (TPSA) is 47.3 Å². The molecule has 0 saturated heterocycles. The molecule has 2 rings (SSSR count). The van der Waals surface area contributed by atoms with Gasteiger partial charge in [-0.05, 0) is 35.6 Å². The number of hydrogen-bond donors (Lipinski definition) is 2. The molecule has 0 aliphatic rings. The summed E-state index contributed by atoms with van der Waals surface area (Å²) >= 11 is 7.58. The highest BCUT2D eigenvalue weighted by Crippen LogP contribution is 2.33. The van der Waals surface area contributed by atoms with E-state index in [1.807, 2.05) is 11.4 Å². The maximum atomic E-state index is 13.0. The minimum absolute atomic E-state index is 0.127. The maximum Gasteiger partial charge on any atom is 0.134 e. The number of rotatable bonds is 5.